The highest BCUT2D eigenvalue weighted by Crippen LogP contribution is 2.05. The number of esters is 1. The van der Waals surface area contributed by atoms with E-state index < -0.39 is 31.4 Å². The lowest BCUT2D eigenvalue weighted by Crippen LogP contribution is -2.24. The second-order valence-electron chi connectivity index (χ2n) is 3.08. The van der Waals surface area contributed by atoms with E-state index >= 15 is 0 Å². The number of rotatable bonds is 7. The lowest BCUT2D eigenvalue weighted by molar-refractivity contribution is -0.143. The Bertz CT molecular complexity index is 215. The third-order valence-corrected chi connectivity index (χ3v) is 1.60. The van der Waals surface area contributed by atoms with Crippen molar-refractivity contribution < 1.29 is 30.0 Å². The predicted octanol–water partition coefficient (Wildman–Crippen LogP) is -1.82. The van der Waals surface area contributed by atoms with Gasteiger partial charge in [-0.05, 0) is 0 Å². The predicted molar refractivity (Wildman–Crippen MR) is 50.9 cm³/mol. The smallest absolute Gasteiger partial charge is 0.333 e. The lowest BCUT2D eigenvalue weighted by Gasteiger charge is -2.11. The summed E-state index contributed by atoms with van der Waals surface area (Å²) in [5.74, 6) is -0.769. The Labute approximate surface area is 87.4 Å². The zero-order valence-electron chi connectivity index (χ0n) is 8.30. The first kappa shape index (κ1) is 14.1. The molecule has 0 aliphatic carbocycles. The van der Waals surface area contributed by atoms with E-state index in [1.54, 1.807) is 0 Å². The van der Waals surface area contributed by atoms with Crippen LogP contribution in [0.5, 0.6) is 0 Å². The summed E-state index contributed by atoms with van der Waals surface area (Å²) in [5, 5.41) is 34.8. The maximum absolute atomic E-state index is 11.1. The average molecular weight is 220 g/mol. The maximum atomic E-state index is 11.1. The molecule has 88 valence electrons. The molecule has 2 unspecified atom stereocenters. The molecule has 0 heterocycles. The van der Waals surface area contributed by atoms with Gasteiger partial charge in [-0.15, -0.1) is 0 Å². The second kappa shape index (κ2) is 7.36. The summed E-state index contributed by atoms with van der Waals surface area (Å²) in [4.78, 5) is 11.1. The van der Waals surface area contributed by atoms with E-state index in [-0.39, 0.29) is 18.6 Å². The standard InChI is InChI=1S/C9H16O6/c1-6(2-7(12)3-10)9(14)15-5-8(13)4-11/h7-8,10-13H,1-5H2. The molecule has 0 radical (unpaired) electrons. The molecule has 15 heavy (non-hydrogen) atoms. The summed E-state index contributed by atoms with van der Waals surface area (Å²) in [6.45, 7) is 2.06. The van der Waals surface area contributed by atoms with E-state index in [0.717, 1.165) is 0 Å². The molecule has 0 fully saturated rings. The molecule has 0 aliphatic rings. The van der Waals surface area contributed by atoms with Crippen molar-refractivity contribution in [2.75, 3.05) is 19.8 Å². The zero-order valence-corrected chi connectivity index (χ0v) is 8.30. The molecule has 0 spiro atoms. The molecule has 0 saturated carbocycles. The third-order valence-electron chi connectivity index (χ3n) is 1.60. The van der Waals surface area contributed by atoms with E-state index in [0.29, 0.717) is 0 Å². The molecule has 0 amide bonds. The van der Waals surface area contributed by atoms with Crippen LogP contribution in [-0.4, -0.2) is 58.4 Å². The first-order valence-corrected chi connectivity index (χ1v) is 4.44. The summed E-state index contributed by atoms with van der Waals surface area (Å²) in [6, 6.07) is 0. The topological polar surface area (TPSA) is 107 Å². The molecule has 0 saturated heterocycles. The van der Waals surface area contributed by atoms with E-state index in [4.69, 9.17) is 20.4 Å². The van der Waals surface area contributed by atoms with Gasteiger partial charge in [-0.1, -0.05) is 6.58 Å². The number of hydrogen-bond donors (Lipinski definition) is 4. The first-order valence-electron chi connectivity index (χ1n) is 4.44. The number of ether oxygens (including phenoxy) is 1. The Hall–Kier alpha value is -0.950. The van der Waals surface area contributed by atoms with E-state index in [9.17, 15) is 4.79 Å². The van der Waals surface area contributed by atoms with Crippen LogP contribution < -0.4 is 0 Å². The van der Waals surface area contributed by atoms with Crippen LogP contribution in [0, 0.1) is 0 Å². The number of hydrogen-bond acceptors (Lipinski definition) is 6. The fraction of sp³-hybridized carbons (Fsp3) is 0.667. The Balaban J connectivity index is 3.84. The first-order chi connectivity index (χ1) is 7.01. The van der Waals surface area contributed by atoms with E-state index in [2.05, 4.69) is 11.3 Å². The van der Waals surface area contributed by atoms with Crippen molar-refractivity contribution in [3.05, 3.63) is 12.2 Å². The van der Waals surface area contributed by atoms with Gasteiger partial charge in [-0.2, -0.15) is 0 Å². The molecule has 6 nitrogen and oxygen atoms in total. The Morgan fingerprint density at radius 3 is 2.20 bits per heavy atom. The summed E-state index contributed by atoms with van der Waals surface area (Å²) in [7, 11) is 0. The molecule has 0 aromatic rings. The average Bonchev–Trinajstić information content (AvgIpc) is 2.24. The van der Waals surface area contributed by atoms with Gasteiger partial charge in [0.05, 0.1) is 19.3 Å². The summed E-state index contributed by atoms with van der Waals surface area (Å²) in [6.07, 6.45) is -2.26. The molecule has 2 atom stereocenters. The molecule has 6 heteroatoms. The number of aliphatic hydroxyl groups is 4. The Kier molecular flexibility index (Phi) is 6.89. The van der Waals surface area contributed by atoms with E-state index in [1.807, 2.05) is 0 Å². The van der Waals surface area contributed by atoms with Crippen molar-refractivity contribution in [3.63, 3.8) is 0 Å². The summed E-state index contributed by atoms with van der Waals surface area (Å²) < 4.78 is 4.56. The third kappa shape index (κ3) is 6.19. The molecular formula is C9H16O6. The highest BCUT2D eigenvalue weighted by atomic mass is 16.5. The number of carbonyl (C=O) groups excluding carboxylic acids is 1. The quantitative estimate of drug-likeness (QED) is 0.297. The number of carbonyl (C=O) groups is 1. The molecule has 4 N–H and O–H groups in total. The van der Waals surface area contributed by atoms with Gasteiger partial charge in [0.15, 0.2) is 0 Å². The van der Waals surface area contributed by atoms with Crippen LogP contribution in [0.25, 0.3) is 0 Å². The highest BCUT2D eigenvalue weighted by molar-refractivity contribution is 5.87. The van der Waals surface area contributed by atoms with Crippen LogP contribution in [-0.2, 0) is 9.53 Å². The van der Waals surface area contributed by atoms with Gasteiger partial charge in [-0.25, -0.2) is 4.79 Å². The van der Waals surface area contributed by atoms with Gasteiger partial charge in [0.1, 0.15) is 12.7 Å². The fourth-order valence-corrected chi connectivity index (χ4v) is 0.759. The van der Waals surface area contributed by atoms with Gasteiger partial charge in [0.2, 0.25) is 0 Å². The van der Waals surface area contributed by atoms with Crippen molar-refractivity contribution in [3.8, 4) is 0 Å². The highest BCUT2D eigenvalue weighted by Gasteiger charge is 2.14. The minimum atomic E-state index is -1.12. The SMILES string of the molecule is C=C(CC(O)CO)C(=O)OCC(O)CO. The van der Waals surface area contributed by atoms with Gasteiger partial charge in [0, 0.05) is 12.0 Å². The molecule has 0 aromatic carbocycles. The van der Waals surface area contributed by atoms with Crippen LogP contribution >= 0.6 is 0 Å². The molecule has 0 aromatic heterocycles. The minimum Gasteiger partial charge on any atom is -0.459 e. The number of aliphatic hydroxyl groups excluding tert-OH is 4. The van der Waals surface area contributed by atoms with Crippen LogP contribution in [0.2, 0.25) is 0 Å². The van der Waals surface area contributed by atoms with Gasteiger partial charge >= 0.3 is 5.97 Å². The molecule has 0 rings (SSSR count). The second-order valence-corrected chi connectivity index (χ2v) is 3.08. The largest absolute Gasteiger partial charge is 0.459 e. The van der Waals surface area contributed by atoms with Crippen LogP contribution in [0.15, 0.2) is 12.2 Å². The van der Waals surface area contributed by atoms with Gasteiger partial charge in [0.25, 0.3) is 0 Å². The maximum Gasteiger partial charge on any atom is 0.333 e. The molecule has 0 aliphatic heterocycles. The van der Waals surface area contributed by atoms with Gasteiger partial charge < -0.3 is 25.2 Å². The van der Waals surface area contributed by atoms with Crippen molar-refractivity contribution in [1.82, 2.24) is 0 Å². The van der Waals surface area contributed by atoms with Crippen molar-refractivity contribution in [2.45, 2.75) is 18.6 Å². The normalized spacial score (nSPS) is 14.4. The van der Waals surface area contributed by atoms with Gasteiger partial charge in [-0.3, -0.25) is 0 Å². The van der Waals surface area contributed by atoms with Crippen molar-refractivity contribution in [2.24, 2.45) is 0 Å². The Morgan fingerprint density at radius 1 is 1.20 bits per heavy atom. The van der Waals surface area contributed by atoms with Crippen molar-refractivity contribution >= 4 is 5.97 Å². The lowest BCUT2D eigenvalue weighted by atomic mass is 10.1. The molecular weight excluding hydrogens is 204 g/mol. The monoisotopic (exact) mass is 220 g/mol. The fourth-order valence-electron chi connectivity index (χ4n) is 0.759. The zero-order chi connectivity index (χ0) is 11.8. The molecule has 0 bridgehead atoms. The van der Waals surface area contributed by atoms with Crippen molar-refractivity contribution in [1.29, 1.82) is 0 Å². The van der Waals surface area contributed by atoms with E-state index in [1.165, 1.54) is 0 Å². The summed E-state index contributed by atoms with van der Waals surface area (Å²) >= 11 is 0. The minimum absolute atomic E-state index is 0.00156. The van der Waals surface area contributed by atoms with Crippen LogP contribution in [0.3, 0.4) is 0 Å². The Morgan fingerprint density at radius 2 is 1.73 bits per heavy atom. The van der Waals surface area contributed by atoms with Crippen LogP contribution in [0.1, 0.15) is 6.42 Å². The van der Waals surface area contributed by atoms with Crippen LogP contribution in [0.4, 0.5) is 0 Å². The summed E-state index contributed by atoms with van der Waals surface area (Å²) in [5.41, 5.74) is 0.00156.